The summed E-state index contributed by atoms with van der Waals surface area (Å²) in [5, 5.41) is 12.6. The van der Waals surface area contributed by atoms with Crippen molar-refractivity contribution in [1.82, 2.24) is 5.32 Å². The molecule has 3 fully saturated rings. The Morgan fingerprint density at radius 1 is 1.11 bits per heavy atom. The second-order valence-electron chi connectivity index (χ2n) is 8.59. The minimum Gasteiger partial charge on any atom is -0.481 e. The van der Waals surface area contributed by atoms with E-state index in [2.05, 4.69) is 17.5 Å². The van der Waals surface area contributed by atoms with Crippen LogP contribution in [0.1, 0.15) is 70.6 Å². The highest BCUT2D eigenvalue weighted by Gasteiger charge is 2.48. The molecule has 2 bridgehead atoms. The lowest BCUT2D eigenvalue weighted by molar-refractivity contribution is -0.137. The van der Waals surface area contributed by atoms with Gasteiger partial charge in [-0.2, -0.15) is 0 Å². The second-order valence-corrected chi connectivity index (χ2v) is 8.97. The van der Waals surface area contributed by atoms with Crippen LogP contribution in [-0.2, 0) is 14.3 Å². The van der Waals surface area contributed by atoms with Gasteiger partial charge in [-0.3, -0.25) is 4.79 Å². The van der Waals surface area contributed by atoms with Crippen LogP contribution in [0.15, 0.2) is 12.2 Å². The van der Waals surface area contributed by atoms with E-state index in [1.165, 1.54) is 32.1 Å². The number of carboxylic acid groups (broad SMARTS) is 1. The Morgan fingerprint density at radius 3 is 2.61 bits per heavy atom. The van der Waals surface area contributed by atoms with Gasteiger partial charge >= 0.3 is 5.97 Å². The van der Waals surface area contributed by atoms with Gasteiger partial charge in [0.25, 0.3) is 5.17 Å². The van der Waals surface area contributed by atoms with Gasteiger partial charge in [-0.1, -0.05) is 31.4 Å². The van der Waals surface area contributed by atoms with Crippen LogP contribution >= 0.6 is 12.2 Å². The van der Waals surface area contributed by atoms with Crippen molar-refractivity contribution in [2.24, 2.45) is 17.8 Å². The van der Waals surface area contributed by atoms with E-state index in [4.69, 9.17) is 26.8 Å². The van der Waals surface area contributed by atoms with E-state index >= 15 is 0 Å². The monoisotopic (exact) mass is 409 g/mol. The first kappa shape index (κ1) is 21.6. The van der Waals surface area contributed by atoms with E-state index in [-0.39, 0.29) is 6.42 Å². The van der Waals surface area contributed by atoms with Gasteiger partial charge in [0.05, 0.1) is 18.8 Å². The molecule has 2 heterocycles. The predicted molar refractivity (Wildman–Crippen MR) is 113 cm³/mol. The van der Waals surface area contributed by atoms with Crippen LogP contribution in [0.4, 0.5) is 0 Å². The first-order chi connectivity index (χ1) is 13.6. The second kappa shape index (κ2) is 11.1. The third-order valence-corrected chi connectivity index (χ3v) is 6.86. The summed E-state index contributed by atoms with van der Waals surface area (Å²) >= 11 is 5.40. The summed E-state index contributed by atoms with van der Waals surface area (Å²) < 4.78 is 12.1. The largest absolute Gasteiger partial charge is 0.481 e. The third kappa shape index (κ3) is 6.45. The number of hydrogen-bond acceptors (Lipinski definition) is 4. The lowest BCUT2D eigenvalue weighted by Crippen LogP contribution is -2.35. The minimum atomic E-state index is -0.722. The SMILES string of the molecule is O=C(O)CCCC=CC[C@@H]1[C@H](COC(=S)NCC2CCCCC2)[C@@H]2CC[C@H]1O2. The van der Waals surface area contributed by atoms with Gasteiger partial charge < -0.3 is 19.9 Å². The summed E-state index contributed by atoms with van der Waals surface area (Å²) in [6.45, 7) is 1.57. The molecule has 4 atom stereocenters. The van der Waals surface area contributed by atoms with Gasteiger partial charge in [0.1, 0.15) is 0 Å². The standard InChI is InChI=1S/C22H35NO4S/c24-21(25)11-7-2-1-6-10-17-18(20-13-12-19(17)27-20)15-26-22(28)23-14-16-8-4-3-5-9-16/h1,6,16-20H,2-5,7-15H2,(H,23,28)(H,24,25)/t17-,18+,19-,20+/m1/s1. The Morgan fingerprint density at radius 2 is 1.86 bits per heavy atom. The van der Waals surface area contributed by atoms with Crippen LogP contribution in [0.25, 0.3) is 0 Å². The van der Waals surface area contributed by atoms with Crippen molar-refractivity contribution in [3.63, 3.8) is 0 Å². The van der Waals surface area contributed by atoms with Crippen molar-refractivity contribution in [1.29, 1.82) is 0 Å². The number of hydrogen-bond donors (Lipinski definition) is 2. The Kier molecular flexibility index (Phi) is 8.59. The molecule has 1 aliphatic carbocycles. The van der Waals surface area contributed by atoms with Gasteiger partial charge in [0.2, 0.25) is 0 Å². The van der Waals surface area contributed by atoms with Gasteiger partial charge in [0.15, 0.2) is 0 Å². The van der Waals surface area contributed by atoms with E-state index < -0.39 is 5.97 Å². The summed E-state index contributed by atoms with van der Waals surface area (Å²) in [6.07, 6.45) is 16.6. The fourth-order valence-electron chi connectivity index (χ4n) is 5.01. The van der Waals surface area contributed by atoms with E-state index in [9.17, 15) is 4.79 Å². The minimum absolute atomic E-state index is 0.239. The van der Waals surface area contributed by atoms with Gasteiger partial charge in [-0.25, -0.2) is 0 Å². The Labute approximate surface area is 174 Å². The molecule has 2 N–H and O–H groups in total. The molecular weight excluding hydrogens is 374 g/mol. The maximum atomic E-state index is 10.6. The molecule has 0 aromatic carbocycles. The van der Waals surface area contributed by atoms with Crippen LogP contribution in [0.5, 0.6) is 0 Å². The van der Waals surface area contributed by atoms with Crippen LogP contribution in [0.2, 0.25) is 0 Å². The highest BCUT2D eigenvalue weighted by molar-refractivity contribution is 7.80. The van der Waals surface area contributed by atoms with Crippen molar-refractivity contribution in [3.8, 4) is 0 Å². The maximum Gasteiger partial charge on any atom is 0.303 e. The molecule has 2 aliphatic heterocycles. The molecular formula is C22H35NO4S. The number of thiocarbonyl (C=S) groups is 1. The number of rotatable bonds is 10. The summed E-state index contributed by atoms with van der Waals surface area (Å²) in [6, 6.07) is 0. The van der Waals surface area contributed by atoms with Crippen LogP contribution in [-0.4, -0.2) is 41.6 Å². The van der Waals surface area contributed by atoms with Crippen molar-refractivity contribution >= 4 is 23.4 Å². The van der Waals surface area contributed by atoms with Gasteiger partial charge in [-0.15, -0.1) is 0 Å². The molecule has 0 amide bonds. The number of allylic oxidation sites excluding steroid dienone is 2. The zero-order valence-electron chi connectivity index (χ0n) is 16.8. The molecule has 158 valence electrons. The van der Waals surface area contributed by atoms with E-state index in [1.807, 2.05) is 0 Å². The smallest absolute Gasteiger partial charge is 0.303 e. The van der Waals surface area contributed by atoms with Crippen molar-refractivity contribution in [3.05, 3.63) is 12.2 Å². The molecule has 0 spiro atoms. The number of nitrogens with one attached hydrogen (secondary N) is 1. The molecule has 0 aromatic rings. The number of aliphatic carboxylic acids is 1. The molecule has 5 nitrogen and oxygen atoms in total. The summed E-state index contributed by atoms with van der Waals surface area (Å²) in [5.74, 6) is 0.896. The average Bonchev–Trinajstić information content (AvgIpc) is 3.30. The first-order valence-electron chi connectivity index (χ1n) is 11.1. The zero-order valence-corrected chi connectivity index (χ0v) is 17.6. The van der Waals surface area contributed by atoms with Gasteiger partial charge in [0, 0.05) is 18.9 Å². The van der Waals surface area contributed by atoms with Crippen LogP contribution in [0.3, 0.4) is 0 Å². The quantitative estimate of drug-likeness (QED) is 0.316. The first-order valence-corrected chi connectivity index (χ1v) is 11.5. The number of carbonyl (C=O) groups is 1. The molecule has 3 aliphatic rings. The number of fused-ring (bicyclic) bond motifs is 2. The highest BCUT2D eigenvalue weighted by Crippen LogP contribution is 2.45. The molecule has 0 unspecified atom stereocenters. The molecule has 2 saturated heterocycles. The molecule has 28 heavy (non-hydrogen) atoms. The van der Waals surface area contributed by atoms with E-state index in [0.717, 1.165) is 38.1 Å². The fraction of sp³-hybridized carbons (Fsp3) is 0.818. The molecule has 0 radical (unpaired) electrons. The van der Waals surface area contributed by atoms with E-state index in [0.29, 0.717) is 42.2 Å². The lowest BCUT2D eigenvalue weighted by atomic mass is 9.78. The molecule has 1 saturated carbocycles. The topological polar surface area (TPSA) is 67.8 Å². The number of ether oxygens (including phenoxy) is 2. The summed E-state index contributed by atoms with van der Waals surface area (Å²) in [4.78, 5) is 10.6. The normalized spacial score (nSPS) is 30.0. The predicted octanol–water partition coefficient (Wildman–Crippen LogP) is 4.45. The summed E-state index contributed by atoms with van der Waals surface area (Å²) in [5.41, 5.74) is 0. The van der Waals surface area contributed by atoms with Crippen LogP contribution in [0, 0.1) is 17.8 Å². The number of unbranched alkanes of at least 4 members (excludes halogenated alkanes) is 1. The highest BCUT2D eigenvalue weighted by atomic mass is 32.1. The van der Waals surface area contributed by atoms with Gasteiger partial charge in [-0.05, 0) is 69.0 Å². The number of carboxylic acids is 1. The van der Waals surface area contributed by atoms with Crippen molar-refractivity contribution in [2.45, 2.75) is 82.8 Å². The van der Waals surface area contributed by atoms with Crippen molar-refractivity contribution in [2.75, 3.05) is 13.2 Å². The van der Waals surface area contributed by atoms with Crippen molar-refractivity contribution < 1.29 is 19.4 Å². The average molecular weight is 410 g/mol. The fourth-order valence-corrected chi connectivity index (χ4v) is 5.16. The Hall–Kier alpha value is -1.14. The maximum absolute atomic E-state index is 10.6. The Bertz CT molecular complexity index is 547. The van der Waals surface area contributed by atoms with Crippen LogP contribution < -0.4 is 5.32 Å². The zero-order chi connectivity index (χ0) is 19.8. The Balaban J connectivity index is 1.37. The summed E-state index contributed by atoms with van der Waals surface area (Å²) in [7, 11) is 0. The molecule has 6 heteroatoms. The lowest BCUT2D eigenvalue weighted by Gasteiger charge is -2.27. The third-order valence-electron chi connectivity index (χ3n) is 6.59. The molecule has 0 aromatic heterocycles. The van der Waals surface area contributed by atoms with E-state index in [1.54, 1.807) is 0 Å². The molecule has 3 rings (SSSR count).